The molecule has 0 aliphatic rings. The fraction of sp³-hybridized carbons (Fsp3) is 0.500. The Bertz CT molecular complexity index is 594. The van der Waals surface area contributed by atoms with E-state index in [-0.39, 0.29) is 21.5 Å². The maximum absolute atomic E-state index is 12.2. The van der Waals surface area contributed by atoms with E-state index in [4.69, 9.17) is 16.9 Å². The molecular formula is C14H19ClN2O2S. The summed E-state index contributed by atoms with van der Waals surface area (Å²) >= 11 is 5.86. The zero-order valence-electron chi connectivity index (χ0n) is 11.7. The van der Waals surface area contributed by atoms with Gasteiger partial charge < -0.3 is 0 Å². The molecule has 1 unspecified atom stereocenters. The maximum Gasteiger partial charge on any atom is 0.240 e. The first kappa shape index (κ1) is 17.0. The Morgan fingerprint density at radius 1 is 1.40 bits per heavy atom. The highest BCUT2D eigenvalue weighted by Crippen LogP contribution is 2.20. The van der Waals surface area contributed by atoms with Crippen molar-refractivity contribution in [2.45, 2.75) is 50.5 Å². The topological polar surface area (TPSA) is 70.0 Å². The van der Waals surface area contributed by atoms with Gasteiger partial charge in [-0.3, -0.25) is 0 Å². The third-order valence-corrected chi connectivity index (χ3v) is 4.87. The van der Waals surface area contributed by atoms with Gasteiger partial charge in [0.05, 0.1) is 15.5 Å². The van der Waals surface area contributed by atoms with Gasteiger partial charge in [-0.25, -0.2) is 13.1 Å². The smallest absolute Gasteiger partial charge is 0.208 e. The average molecular weight is 315 g/mol. The number of rotatable bonds is 7. The Kier molecular flexibility index (Phi) is 6.47. The van der Waals surface area contributed by atoms with Crippen molar-refractivity contribution >= 4 is 21.6 Å². The van der Waals surface area contributed by atoms with E-state index < -0.39 is 10.0 Å². The van der Waals surface area contributed by atoms with Crippen molar-refractivity contribution in [2.75, 3.05) is 0 Å². The van der Waals surface area contributed by atoms with Crippen LogP contribution in [0.2, 0.25) is 5.02 Å². The standard InChI is InChI=1S/C14H19ClN2O2S/c1-3-4-5-6-11(2)17-20(18,19)13-8-7-12(10-16)14(15)9-13/h7-9,11,17H,3-6H2,1-2H3. The van der Waals surface area contributed by atoms with Gasteiger partial charge in [0, 0.05) is 6.04 Å². The lowest BCUT2D eigenvalue weighted by atomic mass is 10.1. The third kappa shape index (κ3) is 4.78. The van der Waals surface area contributed by atoms with E-state index in [0.29, 0.717) is 0 Å². The second-order valence-corrected chi connectivity index (χ2v) is 6.89. The minimum atomic E-state index is -3.59. The number of nitriles is 1. The van der Waals surface area contributed by atoms with Gasteiger partial charge in [-0.15, -0.1) is 0 Å². The molecule has 1 aromatic rings. The molecule has 0 radical (unpaired) electrons. The first-order chi connectivity index (χ1) is 9.40. The largest absolute Gasteiger partial charge is 0.240 e. The lowest BCUT2D eigenvalue weighted by Crippen LogP contribution is -2.32. The summed E-state index contributed by atoms with van der Waals surface area (Å²) in [4.78, 5) is 0.0869. The Hall–Kier alpha value is -1.09. The zero-order chi connectivity index (χ0) is 15.2. The van der Waals surface area contributed by atoms with Crippen LogP contribution in [0.4, 0.5) is 0 Å². The third-order valence-electron chi connectivity index (χ3n) is 2.97. The van der Waals surface area contributed by atoms with Crippen LogP contribution < -0.4 is 4.72 Å². The summed E-state index contributed by atoms with van der Waals surface area (Å²) in [6.07, 6.45) is 3.99. The molecule has 1 aromatic carbocycles. The predicted molar refractivity (Wildman–Crippen MR) is 80.1 cm³/mol. The monoisotopic (exact) mass is 314 g/mol. The molecule has 0 aliphatic carbocycles. The van der Waals surface area contributed by atoms with Crippen LogP contribution in [-0.2, 0) is 10.0 Å². The van der Waals surface area contributed by atoms with Crippen molar-refractivity contribution < 1.29 is 8.42 Å². The van der Waals surface area contributed by atoms with Crippen LogP contribution in [0.3, 0.4) is 0 Å². The van der Waals surface area contributed by atoms with Crippen LogP contribution in [0.5, 0.6) is 0 Å². The molecule has 0 heterocycles. The summed E-state index contributed by atoms with van der Waals surface area (Å²) in [5.41, 5.74) is 0.265. The highest BCUT2D eigenvalue weighted by Gasteiger charge is 2.18. The van der Waals surface area contributed by atoms with Gasteiger partial charge in [-0.05, 0) is 31.5 Å². The number of halogens is 1. The molecule has 1 rings (SSSR count). The number of unbranched alkanes of at least 4 members (excludes halogenated alkanes) is 2. The number of sulfonamides is 1. The highest BCUT2D eigenvalue weighted by atomic mass is 35.5. The molecule has 0 aliphatic heterocycles. The Balaban J connectivity index is 2.79. The fourth-order valence-electron chi connectivity index (χ4n) is 1.85. The summed E-state index contributed by atoms with van der Waals surface area (Å²) in [7, 11) is -3.59. The van der Waals surface area contributed by atoms with Crippen molar-refractivity contribution in [3.05, 3.63) is 28.8 Å². The normalized spacial score (nSPS) is 12.9. The average Bonchev–Trinajstić information content (AvgIpc) is 2.38. The Labute approximate surface area is 125 Å². The summed E-state index contributed by atoms with van der Waals surface area (Å²) in [6, 6.07) is 5.89. The van der Waals surface area contributed by atoms with Gasteiger partial charge in [0.2, 0.25) is 10.0 Å². The second kappa shape index (κ2) is 7.63. The number of hydrogen-bond donors (Lipinski definition) is 1. The minimum absolute atomic E-state index is 0.0869. The van der Waals surface area contributed by atoms with E-state index in [1.54, 1.807) is 0 Å². The Morgan fingerprint density at radius 3 is 2.65 bits per heavy atom. The number of nitrogens with zero attached hydrogens (tertiary/aromatic N) is 1. The van der Waals surface area contributed by atoms with Crippen molar-refractivity contribution in [1.29, 1.82) is 5.26 Å². The van der Waals surface area contributed by atoms with E-state index in [0.717, 1.165) is 25.7 Å². The van der Waals surface area contributed by atoms with Gasteiger partial charge >= 0.3 is 0 Å². The quantitative estimate of drug-likeness (QED) is 0.783. The van der Waals surface area contributed by atoms with Crippen molar-refractivity contribution in [3.63, 3.8) is 0 Å². The van der Waals surface area contributed by atoms with Crippen molar-refractivity contribution in [2.24, 2.45) is 0 Å². The molecular weight excluding hydrogens is 296 g/mol. The summed E-state index contributed by atoms with van der Waals surface area (Å²) < 4.78 is 27.0. The van der Waals surface area contributed by atoms with E-state index in [2.05, 4.69) is 11.6 Å². The molecule has 110 valence electrons. The molecule has 0 bridgehead atoms. The van der Waals surface area contributed by atoms with Crippen LogP contribution >= 0.6 is 11.6 Å². The minimum Gasteiger partial charge on any atom is -0.208 e. The van der Waals surface area contributed by atoms with Gasteiger partial charge in [-0.1, -0.05) is 37.8 Å². The first-order valence-corrected chi connectivity index (χ1v) is 8.48. The SMILES string of the molecule is CCCCCC(C)NS(=O)(=O)c1ccc(C#N)c(Cl)c1. The summed E-state index contributed by atoms with van der Waals surface area (Å²) in [6.45, 7) is 3.95. The molecule has 0 fully saturated rings. The molecule has 0 saturated carbocycles. The Morgan fingerprint density at radius 2 is 2.10 bits per heavy atom. The molecule has 4 nitrogen and oxygen atoms in total. The zero-order valence-corrected chi connectivity index (χ0v) is 13.3. The maximum atomic E-state index is 12.2. The highest BCUT2D eigenvalue weighted by molar-refractivity contribution is 7.89. The molecule has 1 N–H and O–H groups in total. The predicted octanol–water partition coefficient (Wildman–Crippen LogP) is 3.46. The molecule has 0 spiro atoms. The number of nitrogens with one attached hydrogen (secondary N) is 1. The van der Waals surface area contributed by atoms with Crippen molar-refractivity contribution in [3.8, 4) is 6.07 Å². The fourth-order valence-corrected chi connectivity index (χ4v) is 3.44. The van der Waals surface area contributed by atoms with Gasteiger partial charge in [0.15, 0.2) is 0 Å². The van der Waals surface area contributed by atoms with Gasteiger partial charge in [0.1, 0.15) is 6.07 Å². The second-order valence-electron chi connectivity index (χ2n) is 4.77. The lowest BCUT2D eigenvalue weighted by molar-refractivity contribution is 0.527. The van der Waals surface area contributed by atoms with Crippen molar-refractivity contribution in [1.82, 2.24) is 4.72 Å². The molecule has 20 heavy (non-hydrogen) atoms. The van der Waals surface area contributed by atoms with Crippen LogP contribution in [-0.4, -0.2) is 14.5 Å². The van der Waals surface area contributed by atoms with Gasteiger partial charge in [0.25, 0.3) is 0 Å². The van der Waals surface area contributed by atoms with Crippen LogP contribution in [0, 0.1) is 11.3 Å². The van der Waals surface area contributed by atoms with Crippen LogP contribution in [0.1, 0.15) is 45.1 Å². The molecule has 1 atom stereocenters. The summed E-state index contributed by atoms with van der Waals surface area (Å²) in [5.74, 6) is 0. The molecule has 0 saturated heterocycles. The van der Waals surface area contributed by atoms with E-state index >= 15 is 0 Å². The van der Waals surface area contributed by atoms with E-state index in [1.165, 1.54) is 18.2 Å². The lowest BCUT2D eigenvalue weighted by Gasteiger charge is -2.14. The number of benzene rings is 1. The van der Waals surface area contributed by atoms with Crippen LogP contribution in [0.15, 0.2) is 23.1 Å². The molecule has 0 aromatic heterocycles. The van der Waals surface area contributed by atoms with Gasteiger partial charge in [-0.2, -0.15) is 5.26 Å². The van der Waals surface area contributed by atoms with E-state index in [1.807, 2.05) is 13.0 Å². The number of hydrogen-bond acceptors (Lipinski definition) is 3. The molecule has 6 heteroatoms. The molecule has 0 amide bonds. The first-order valence-electron chi connectivity index (χ1n) is 6.62. The summed E-state index contributed by atoms with van der Waals surface area (Å²) in [5, 5.41) is 8.93. The van der Waals surface area contributed by atoms with E-state index in [9.17, 15) is 8.42 Å². The van der Waals surface area contributed by atoms with Crippen LogP contribution in [0.25, 0.3) is 0 Å².